The molecule has 0 aromatic heterocycles. The monoisotopic (exact) mass is 172 g/mol. The summed E-state index contributed by atoms with van der Waals surface area (Å²) >= 11 is 0. The van der Waals surface area contributed by atoms with Gasteiger partial charge in [0.05, 0.1) is 0 Å². The Labute approximate surface area is 76.7 Å². The van der Waals surface area contributed by atoms with Gasteiger partial charge >= 0.3 is 0 Å². The summed E-state index contributed by atoms with van der Waals surface area (Å²) in [6.07, 6.45) is 4.51. The molecule has 0 bridgehead atoms. The second kappa shape index (κ2) is 5.55. The third-order valence-electron chi connectivity index (χ3n) is 1.90. The number of nitrogens with two attached hydrogens (primary N) is 2. The smallest absolute Gasteiger partial charge is 0.00438 e. The highest BCUT2D eigenvalue weighted by Crippen LogP contribution is 2.21. The van der Waals surface area contributed by atoms with Gasteiger partial charge in [0.2, 0.25) is 0 Å². The summed E-state index contributed by atoms with van der Waals surface area (Å²) in [5.41, 5.74) is 11.7. The van der Waals surface area contributed by atoms with Gasteiger partial charge in [0.25, 0.3) is 0 Å². The summed E-state index contributed by atoms with van der Waals surface area (Å²) in [5, 5.41) is 0. The highest BCUT2D eigenvalue weighted by atomic mass is 14.6. The molecule has 0 amide bonds. The Kier molecular flexibility index (Phi) is 5.51. The van der Waals surface area contributed by atoms with Crippen LogP contribution >= 0.6 is 0 Å². The molecule has 2 heteroatoms. The van der Waals surface area contributed by atoms with Crippen molar-refractivity contribution in [1.29, 1.82) is 0 Å². The maximum Gasteiger partial charge on any atom is 0.00438 e. The van der Waals surface area contributed by atoms with E-state index in [-0.39, 0.29) is 0 Å². The minimum absolute atomic E-state index is 0.358. The van der Waals surface area contributed by atoms with Crippen LogP contribution in [0.3, 0.4) is 0 Å². The Morgan fingerprint density at radius 1 is 1.17 bits per heavy atom. The van der Waals surface area contributed by atoms with E-state index in [0.717, 1.165) is 25.8 Å². The van der Waals surface area contributed by atoms with Crippen molar-refractivity contribution in [2.75, 3.05) is 6.54 Å². The molecule has 4 N–H and O–H groups in total. The van der Waals surface area contributed by atoms with Crippen LogP contribution in [0, 0.1) is 5.41 Å². The number of hydrogen-bond donors (Lipinski definition) is 2. The topological polar surface area (TPSA) is 52.0 Å². The van der Waals surface area contributed by atoms with E-state index in [1.165, 1.54) is 6.42 Å². The van der Waals surface area contributed by atoms with E-state index in [2.05, 4.69) is 20.8 Å². The summed E-state index contributed by atoms with van der Waals surface area (Å²) in [5.74, 6) is 0. The predicted molar refractivity (Wildman–Crippen MR) is 55.0 cm³/mol. The number of unbranched alkanes of at least 4 members (excludes halogenated alkanes) is 1. The highest BCUT2D eigenvalue weighted by Gasteiger charge is 2.14. The average Bonchev–Trinajstić information content (AvgIpc) is 1.84. The molecule has 1 atom stereocenters. The second-order valence-electron chi connectivity index (χ2n) is 4.81. The fourth-order valence-electron chi connectivity index (χ4n) is 1.44. The quantitative estimate of drug-likeness (QED) is 0.622. The first-order valence-electron chi connectivity index (χ1n) is 4.91. The molecule has 0 aliphatic carbocycles. The molecule has 0 saturated carbocycles. The van der Waals surface area contributed by atoms with Crippen LogP contribution in [0.25, 0.3) is 0 Å². The van der Waals surface area contributed by atoms with Gasteiger partial charge in [0, 0.05) is 6.04 Å². The Morgan fingerprint density at radius 3 is 2.17 bits per heavy atom. The molecule has 0 fully saturated rings. The maximum absolute atomic E-state index is 5.96. The van der Waals surface area contributed by atoms with E-state index < -0.39 is 0 Å². The zero-order chi connectivity index (χ0) is 9.61. The van der Waals surface area contributed by atoms with Gasteiger partial charge in [-0.3, -0.25) is 0 Å². The predicted octanol–water partition coefficient (Wildman–Crippen LogP) is 1.88. The third kappa shape index (κ3) is 8.02. The van der Waals surface area contributed by atoms with Crippen LogP contribution in [0.5, 0.6) is 0 Å². The largest absolute Gasteiger partial charge is 0.330 e. The summed E-state index contributed by atoms with van der Waals surface area (Å²) in [4.78, 5) is 0. The molecule has 0 aliphatic rings. The zero-order valence-corrected chi connectivity index (χ0v) is 8.77. The first kappa shape index (κ1) is 11.9. The van der Waals surface area contributed by atoms with Crippen LogP contribution in [0.1, 0.15) is 46.5 Å². The molecule has 0 saturated heterocycles. The molecule has 0 aliphatic heterocycles. The average molecular weight is 172 g/mol. The van der Waals surface area contributed by atoms with E-state index in [1.54, 1.807) is 0 Å². The number of rotatable bonds is 5. The first-order valence-corrected chi connectivity index (χ1v) is 4.91. The zero-order valence-electron chi connectivity index (χ0n) is 8.77. The molecular formula is C10H24N2. The lowest BCUT2D eigenvalue weighted by Crippen LogP contribution is -2.26. The molecule has 0 spiro atoms. The molecule has 0 heterocycles. The van der Waals surface area contributed by atoms with E-state index in [1.807, 2.05) is 0 Å². The molecule has 0 unspecified atom stereocenters. The van der Waals surface area contributed by atoms with Crippen molar-refractivity contribution in [3.8, 4) is 0 Å². The lowest BCUT2D eigenvalue weighted by atomic mass is 9.87. The van der Waals surface area contributed by atoms with E-state index in [4.69, 9.17) is 11.5 Å². The van der Waals surface area contributed by atoms with Crippen molar-refractivity contribution < 1.29 is 0 Å². The normalized spacial score (nSPS) is 14.8. The summed E-state index contributed by atoms with van der Waals surface area (Å²) < 4.78 is 0. The maximum atomic E-state index is 5.96. The van der Waals surface area contributed by atoms with E-state index >= 15 is 0 Å². The van der Waals surface area contributed by atoms with Crippen LogP contribution in [-0.4, -0.2) is 12.6 Å². The van der Waals surface area contributed by atoms with Crippen LogP contribution in [0.4, 0.5) is 0 Å². The van der Waals surface area contributed by atoms with Crippen LogP contribution in [0.15, 0.2) is 0 Å². The van der Waals surface area contributed by atoms with Gasteiger partial charge < -0.3 is 11.5 Å². The standard InChI is InChI=1S/C10H24N2/c1-10(2,3)8-9(12)6-4-5-7-11/h9H,4-8,11-12H2,1-3H3/t9-/m1/s1. The van der Waals surface area contributed by atoms with Crippen molar-refractivity contribution in [3.63, 3.8) is 0 Å². The minimum atomic E-state index is 0.358. The van der Waals surface area contributed by atoms with Gasteiger partial charge in [0.15, 0.2) is 0 Å². The van der Waals surface area contributed by atoms with Gasteiger partial charge in [-0.05, 0) is 31.2 Å². The Bertz CT molecular complexity index is 105. The molecule has 12 heavy (non-hydrogen) atoms. The van der Waals surface area contributed by atoms with Crippen LogP contribution in [0.2, 0.25) is 0 Å². The van der Waals surface area contributed by atoms with Crippen molar-refractivity contribution >= 4 is 0 Å². The van der Waals surface area contributed by atoms with Gasteiger partial charge in [0.1, 0.15) is 0 Å². The van der Waals surface area contributed by atoms with E-state index in [0.29, 0.717) is 11.5 Å². The molecule has 0 rings (SSSR count). The Hall–Kier alpha value is -0.0800. The Balaban J connectivity index is 3.40. The van der Waals surface area contributed by atoms with Crippen molar-refractivity contribution in [2.45, 2.75) is 52.5 Å². The summed E-state index contributed by atoms with van der Waals surface area (Å²) in [6, 6.07) is 0.358. The van der Waals surface area contributed by atoms with Gasteiger partial charge in [-0.15, -0.1) is 0 Å². The fourth-order valence-corrected chi connectivity index (χ4v) is 1.44. The SMILES string of the molecule is CC(C)(C)C[C@H](N)CCCCN. The first-order chi connectivity index (χ1) is 5.45. The van der Waals surface area contributed by atoms with Crippen molar-refractivity contribution in [1.82, 2.24) is 0 Å². The molecule has 74 valence electrons. The minimum Gasteiger partial charge on any atom is -0.330 e. The van der Waals surface area contributed by atoms with Crippen LogP contribution < -0.4 is 11.5 Å². The highest BCUT2D eigenvalue weighted by molar-refractivity contribution is 4.71. The number of hydrogen-bond acceptors (Lipinski definition) is 2. The lowest BCUT2D eigenvalue weighted by molar-refractivity contribution is 0.327. The summed E-state index contributed by atoms with van der Waals surface area (Å²) in [7, 11) is 0. The molecule has 0 radical (unpaired) electrons. The second-order valence-corrected chi connectivity index (χ2v) is 4.81. The lowest BCUT2D eigenvalue weighted by Gasteiger charge is -2.22. The van der Waals surface area contributed by atoms with Crippen molar-refractivity contribution in [2.24, 2.45) is 16.9 Å². The molecule has 0 aromatic carbocycles. The molecular weight excluding hydrogens is 148 g/mol. The Morgan fingerprint density at radius 2 is 1.75 bits per heavy atom. The fraction of sp³-hybridized carbons (Fsp3) is 1.00. The third-order valence-corrected chi connectivity index (χ3v) is 1.90. The van der Waals surface area contributed by atoms with Gasteiger partial charge in [-0.2, -0.15) is 0 Å². The summed E-state index contributed by atoms with van der Waals surface area (Å²) in [6.45, 7) is 7.49. The van der Waals surface area contributed by atoms with Crippen molar-refractivity contribution in [3.05, 3.63) is 0 Å². The molecule has 2 nitrogen and oxygen atoms in total. The van der Waals surface area contributed by atoms with Crippen LogP contribution in [-0.2, 0) is 0 Å². The molecule has 0 aromatic rings. The van der Waals surface area contributed by atoms with E-state index in [9.17, 15) is 0 Å². The van der Waals surface area contributed by atoms with Gasteiger partial charge in [-0.1, -0.05) is 27.2 Å². The van der Waals surface area contributed by atoms with Gasteiger partial charge in [-0.25, -0.2) is 0 Å².